The zero-order valence-corrected chi connectivity index (χ0v) is 13.7. The molecule has 0 radical (unpaired) electrons. The van der Waals surface area contributed by atoms with E-state index in [1.165, 1.54) is 19.3 Å². The summed E-state index contributed by atoms with van der Waals surface area (Å²) >= 11 is 0. The molecule has 2 aliphatic carbocycles. The predicted octanol–water partition coefficient (Wildman–Crippen LogP) is 2.39. The molecule has 1 heterocycles. The maximum Gasteiger partial charge on any atom is 0.268 e. The van der Waals surface area contributed by atoms with Gasteiger partial charge in [0.1, 0.15) is 5.69 Å². The number of nitrogens with zero attached hydrogens (tertiary/aromatic N) is 1. The highest BCUT2D eigenvalue weighted by molar-refractivity contribution is 5.93. The first kappa shape index (κ1) is 16.4. The molecule has 3 N–H and O–H groups in total. The summed E-state index contributed by atoms with van der Waals surface area (Å²) in [7, 11) is 1.95. The minimum atomic E-state index is 0. The van der Waals surface area contributed by atoms with Gasteiger partial charge in [-0.2, -0.15) is 0 Å². The third-order valence-electron chi connectivity index (χ3n) is 5.28. The Balaban J connectivity index is 0.00000161. The van der Waals surface area contributed by atoms with Crippen molar-refractivity contribution in [3.8, 4) is 0 Å². The lowest BCUT2D eigenvalue weighted by atomic mass is 9.67. The Morgan fingerprint density at radius 2 is 1.90 bits per heavy atom. The molecule has 2 bridgehead atoms. The molecule has 1 amide bonds. The summed E-state index contributed by atoms with van der Waals surface area (Å²) < 4.78 is 1.96. The highest BCUT2D eigenvalue weighted by Crippen LogP contribution is 2.39. The van der Waals surface area contributed by atoms with E-state index in [-0.39, 0.29) is 18.3 Å². The number of hydrogen-bond donors (Lipinski definition) is 2. The van der Waals surface area contributed by atoms with Gasteiger partial charge in [-0.05, 0) is 56.6 Å². The fourth-order valence-corrected chi connectivity index (χ4v) is 4.09. The summed E-state index contributed by atoms with van der Waals surface area (Å²) in [4.78, 5) is 12.5. The van der Waals surface area contributed by atoms with Crippen LogP contribution in [0.25, 0.3) is 0 Å². The zero-order chi connectivity index (χ0) is 14.3. The first-order valence-corrected chi connectivity index (χ1v) is 7.75. The lowest BCUT2D eigenvalue weighted by molar-refractivity contribution is 0.0748. The van der Waals surface area contributed by atoms with Crippen molar-refractivity contribution in [2.75, 3.05) is 0 Å². The molecule has 2 unspecified atom stereocenters. The standard InChI is InChI=1S/C16H25N3O.ClH/c1-10-6-7-14(19(10)2)16(20)18-15-11-4-3-5-12(15)9-13(17)8-11;/h6-7,11-13,15H,3-5,8-9,17H2,1-2H3,(H,18,20);1H. The molecule has 0 spiro atoms. The summed E-state index contributed by atoms with van der Waals surface area (Å²) in [5.41, 5.74) is 8.01. The van der Waals surface area contributed by atoms with Crippen molar-refractivity contribution in [1.82, 2.24) is 9.88 Å². The number of rotatable bonds is 2. The molecule has 2 fully saturated rings. The number of halogens is 1. The van der Waals surface area contributed by atoms with E-state index in [1.54, 1.807) is 0 Å². The lowest BCUT2D eigenvalue weighted by Gasteiger charge is -2.45. The molecule has 2 aliphatic rings. The summed E-state index contributed by atoms with van der Waals surface area (Å²) in [6.45, 7) is 2.02. The third-order valence-corrected chi connectivity index (χ3v) is 5.28. The predicted molar refractivity (Wildman–Crippen MR) is 86.7 cm³/mol. The molecule has 2 atom stereocenters. The molecule has 2 saturated carbocycles. The van der Waals surface area contributed by atoms with Crippen LogP contribution in [0.15, 0.2) is 12.1 Å². The van der Waals surface area contributed by atoms with Gasteiger partial charge in [0.25, 0.3) is 5.91 Å². The number of aryl methyl sites for hydroxylation is 1. The van der Waals surface area contributed by atoms with Gasteiger partial charge >= 0.3 is 0 Å². The summed E-state index contributed by atoms with van der Waals surface area (Å²) in [5, 5.41) is 3.30. The molecule has 1 aromatic heterocycles. The number of nitrogens with one attached hydrogen (secondary N) is 1. The van der Waals surface area contributed by atoms with Gasteiger partial charge in [-0.1, -0.05) is 6.42 Å². The van der Waals surface area contributed by atoms with Crippen LogP contribution in [0, 0.1) is 18.8 Å². The van der Waals surface area contributed by atoms with Crippen LogP contribution in [0.3, 0.4) is 0 Å². The van der Waals surface area contributed by atoms with Crippen molar-refractivity contribution in [3.63, 3.8) is 0 Å². The van der Waals surface area contributed by atoms with Crippen LogP contribution < -0.4 is 11.1 Å². The van der Waals surface area contributed by atoms with Crippen molar-refractivity contribution in [2.45, 2.75) is 51.1 Å². The molecule has 1 aromatic rings. The number of carbonyl (C=O) groups excluding carboxylic acids is 1. The molecule has 118 valence electrons. The van der Waals surface area contributed by atoms with Crippen LogP contribution in [-0.2, 0) is 7.05 Å². The van der Waals surface area contributed by atoms with Crippen molar-refractivity contribution >= 4 is 18.3 Å². The number of carbonyl (C=O) groups is 1. The summed E-state index contributed by atoms with van der Waals surface area (Å²) in [6.07, 6.45) is 5.83. The van der Waals surface area contributed by atoms with Gasteiger partial charge in [0.05, 0.1) is 0 Å². The first-order valence-electron chi connectivity index (χ1n) is 7.75. The highest BCUT2D eigenvalue weighted by Gasteiger charge is 2.40. The molecule has 21 heavy (non-hydrogen) atoms. The fraction of sp³-hybridized carbons (Fsp3) is 0.688. The average Bonchev–Trinajstić information content (AvgIpc) is 2.71. The number of aromatic nitrogens is 1. The number of hydrogen-bond acceptors (Lipinski definition) is 2. The Kier molecular flexibility index (Phi) is 4.99. The second-order valence-electron chi connectivity index (χ2n) is 6.60. The Labute approximate surface area is 132 Å². The van der Waals surface area contributed by atoms with Gasteiger partial charge < -0.3 is 15.6 Å². The lowest BCUT2D eigenvalue weighted by Crippen LogP contribution is -2.53. The largest absolute Gasteiger partial charge is 0.347 e. The second-order valence-corrected chi connectivity index (χ2v) is 6.60. The maximum atomic E-state index is 12.5. The van der Waals surface area contributed by atoms with E-state index in [9.17, 15) is 4.79 Å². The van der Waals surface area contributed by atoms with Crippen molar-refractivity contribution < 1.29 is 4.79 Å². The first-order chi connectivity index (χ1) is 9.56. The number of nitrogens with two attached hydrogens (primary N) is 1. The number of fused-ring (bicyclic) bond motifs is 2. The zero-order valence-electron chi connectivity index (χ0n) is 12.8. The van der Waals surface area contributed by atoms with Gasteiger partial charge in [-0.15, -0.1) is 12.4 Å². The van der Waals surface area contributed by atoms with E-state index in [2.05, 4.69) is 5.32 Å². The van der Waals surface area contributed by atoms with Gasteiger partial charge in [0.15, 0.2) is 0 Å². The molecule has 0 saturated heterocycles. The molecule has 0 aromatic carbocycles. The van der Waals surface area contributed by atoms with Crippen LogP contribution in [0.2, 0.25) is 0 Å². The molecule has 5 heteroatoms. The van der Waals surface area contributed by atoms with Crippen LogP contribution in [0.1, 0.15) is 48.3 Å². The Bertz CT molecular complexity index is 500. The Hall–Kier alpha value is -1.00. The van der Waals surface area contributed by atoms with Crippen LogP contribution in [0.4, 0.5) is 0 Å². The second kappa shape index (κ2) is 6.41. The van der Waals surface area contributed by atoms with Gasteiger partial charge in [0.2, 0.25) is 0 Å². The molecule has 4 nitrogen and oxygen atoms in total. The van der Waals surface area contributed by atoms with E-state index in [4.69, 9.17) is 5.73 Å². The quantitative estimate of drug-likeness (QED) is 0.881. The molecular weight excluding hydrogens is 286 g/mol. The smallest absolute Gasteiger partial charge is 0.268 e. The van der Waals surface area contributed by atoms with E-state index >= 15 is 0 Å². The van der Waals surface area contributed by atoms with E-state index in [1.807, 2.05) is 30.7 Å². The highest BCUT2D eigenvalue weighted by atomic mass is 35.5. The van der Waals surface area contributed by atoms with Gasteiger partial charge in [-0.25, -0.2) is 0 Å². The van der Waals surface area contributed by atoms with Crippen LogP contribution in [0.5, 0.6) is 0 Å². The number of amides is 1. The normalized spacial score (nSPS) is 31.4. The van der Waals surface area contributed by atoms with Crippen LogP contribution >= 0.6 is 12.4 Å². The molecule has 0 aliphatic heterocycles. The Morgan fingerprint density at radius 1 is 1.29 bits per heavy atom. The van der Waals surface area contributed by atoms with E-state index < -0.39 is 0 Å². The topological polar surface area (TPSA) is 60.1 Å². The van der Waals surface area contributed by atoms with Gasteiger partial charge in [0, 0.05) is 24.8 Å². The fourth-order valence-electron chi connectivity index (χ4n) is 4.09. The van der Waals surface area contributed by atoms with Gasteiger partial charge in [-0.3, -0.25) is 4.79 Å². The summed E-state index contributed by atoms with van der Waals surface area (Å²) in [5.74, 6) is 1.21. The van der Waals surface area contributed by atoms with E-state index in [0.717, 1.165) is 24.2 Å². The minimum Gasteiger partial charge on any atom is -0.347 e. The average molecular weight is 312 g/mol. The Morgan fingerprint density at radius 3 is 2.43 bits per heavy atom. The monoisotopic (exact) mass is 311 g/mol. The maximum absolute atomic E-state index is 12.5. The summed E-state index contributed by atoms with van der Waals surface area (Å²) in [6, 6.07) is 4.56. The minimum absolute atomic E-state index is 0. The SMILES string of the molecule is Cc1ccc(C(=O)NC2C3CCCC2CC(N)C3)n1C.Cl. The van der Waals surface area contributed by atoms with E-state index in [0.29, 0.717) is 23.9 Å². The molecule has 3 rings (SSSR count). The van der Waals surface area contributed by atoms with Crippen molar-refractivity contribution in [3.05, 3.63) is 23.5 Å². The third kappa shape index (κ3) is 3.11. The van der Waals surface area contributed by atoms with Crippen molar-refractivity contribution in [2.24, 2.45) is 24.6 Å². The molecular formula is C16H26ClN3O. The van der Waals surface area contributed by atoms with Crippen molar-refractivity contribution in [1.29, 1.82) is 0 Å². The van der Waals surface area contributed by atoms with Crippen LogP contribution in [-0.4, -0.2) is 22.6 Å².